The summed E-state index contributed by atoms with van der Waals surface area (Å²) in [7, 11) is -3.67. The van der Waals surface area contributed by atoms with Gasteiger partial charge in [-0.2, -0.15) is 0 Å². The molecule has 1 aliphatic carbocycles. The fraction of sp³-hybridized carbons (Fsp3) is 0.214. The molecule has 1 amide bonds. The highest BCUT2D eigenvalue weighted by Crippen LogP contribution is 2.48. The van der Waals surface area contributed by atoms with E-state index >= 15 is 0 Å². The first-order valence-electron chi connectivity index (χ1n) is 12.4. The van der Waals surface area contributed by atoms with Crippen LogP contribution in [0.25, 0.3) is 22.3 Å². The highest BCUT2D eigenvalue weighted by molar-refractivity contribution is 7.92. The summed E-state index contributed by atoms with van der Waals surface area (Å²) in [5.41, 5.74) is 12.6. The van der Waals surface area contributed by atoms with E-state index in [0.717, 1.165) is 24.7 Å². The second kappa shape index (κ2) is 10.6. The number of ether oxygens (including phenoxy) is 2. The molecule has 1 fully saturated rings. The summed E-state index contributed by atoms with van der Waals surface area (Å²) in [6, 6.07) is 15.3. The first kappa shape index (κ1) is 27.2. The lowest BCUT2D eigenvalue weighted by Crippen LogP contribution is -2.35. The molecule has 0 bridgehead atoms. The Morgan fingerprint density at radius 3 is 2.23 bits per heavy atom. The van der Waals surface area contributed by atoms with Crippen LogP contribution in [0.1, 0.15) is 34.7 Å². The molecular formula is C28H26FN3O7S. The Hall–Kier alpha value is -4.42. The van der Waals surface area contributed by atoms with E-state index in [0.29, 0.717) is 28.1 Å². The molecule has 1 saturated carbocycles. The van der Waals surface area contributed by atoms with E-state index in [1.54, 1.807) is 36.4 Å². The van der Waals surface area contributed by atoms with Crippen molar-refractivity contribution in [3.05, 3.63) is 77.6 Å². The Balaban J connectivity index is 1.63. The molecule has 5 rings (SSSR count). The van der Waals surface area contributed by atoms with Crippen LogP contribution in [0.15, 0.2) is 65.1 Å². The van der Waals surface area contributed by atoms with Crippen molar-refractivity contribution in [3.8, 4) is 22.8 Å². The van der Waals surface area contributed by atoms with E-state index in [2.05, 4.69) is 0 Å². The predicted molar refractivity (Wildman–Crippen MR) is 146 cm³/mol. The highest BCUT2D eigenvalue weighted by atomic mass is 32.2. The molecule has 40 heavy (non-hydrogen) atoms. The summed E-state index contributed by atoms with van der Waals surface area (Å²) in [5.74, 6) is -0.350. The lowest BCUT2D eigenvalue weighted by molar-refractivity contribution is 0.0640. The van der Waals surface area contributed by atoms with Crippen LogP contribution in [-0.4, -0.2) is 39.8 Å². The molecule has 0 radical (unpaired) electrons. The van der Waals surface area contributed by atoms with Gasteiger partial charge in [0.05, 0.1) is 11.9 Å². The van der Waals surface area contributed by atoms with Gasteiger partial charge in [-0.1, -0.05) is 0 Å². The number of nitrogens with two attached hydrogens (primary N) is 2. The average molecular weight is 568 g/mol. The summed E-state index contributed by atoms with van der Waals surface area (Å²) in [5, 5.41) is 0.347. The number of nitrogens with zero attached hydrogens (tertiary/aromatic N) is 1. The van der Waals surface area contributed by atoms with Gasteiger partial charge in [-0.05, 0) is 78.9 Å². The quantitative estimate of drug-likeness (QED) is 0.214. The van der Waals surface area contributed by atoms with Crippen LogP contribution in [0.5, 0.6) is 11.5 Å². The number of amides is 1. The van der Waals surface area contributed by atoms with Crippen molar-refractivity contribution < 1.29 is 36.3 Å². The predicted octanol–water partition coefficient (Wildman–Crippen LogP) is 4.87. The minimum Gasteiger partial charge on any atom is -0.457 e. The van der Waals surface area contributed by atoms with E-state index in [1.807, 2.05) is 0 Å². The normalized spacial score (nSPS) is 13.3. The standard InChI is InChI=1S/C28H26FN3O7S/c1-40(35,36)32(13-12-30)23-15-24-22(14-21(23)16-2-3-16)25(27(33)39-28(31)34)26(38-24)17-4-8-19(9-5-17)37-20-10-6-18(29)7-11-20/h4-11,14-16H,2-3,12-13,30H2,1H3,(H2,31,34). The Labute approximate surface area is 229 Å². The topological polar surface area (TPSA) is 155 Å². The van der Waals surface area contributed by atoms with Crippen LogP contribution in [0.3, 0.4) is 0 Å². The molecule has 1 aromatic heterocycles. The van der Waals surface area contributed by atoms with Gasteiger partial charge in [0.15, 0.2) is 0 Å². The molecule has 3 aromatic carbocycles. The van der Waals surface area contributed by atoms with Crippen molar-refractivity contribution in [1.82, 2.24) is 0 Å². The fourth-order valence-corrected chi connectivity index (χ4v) is 5.48. The highest BCUT2D eigenvalue weighted by Gasteiger charge is 2.33. The van der Waals surface area contributed by atoms with E-state index in [-0.39, 0.29) is 35.9 Å². The van der Waals surface area contributed by atoms with Crippen LogP contribution in [-0.2, 0) is 14.8 Å². The smallest absolute Gasteiger partial charge is 0.412 e. The Morgan fingerprint density at radius 2 is 1.68 bits per heavy atom. The number of hydrogen-bond acceptors (Lipinski definition) is 8. The fourth-order valence-electron chi connectivity index (χ4n) is 4.53. The van der Waals surface area contributed by atoms with E-state index in [1.165, 1.54) is 28.6 Å². The molecule has 1 heterocycles. The maximum absolute atomic E-state index is 13.2. The number of carbonyl (C=O) groups is 2. The summed E-state index contributed by atoms with van der Waals surface area (Å²) in [6.07, 6.45) is 1.51. The number of hydrogen-bond donors (Lipinski definition) is 2. The molecule has 10 nitrogen and oxygen atoms in total. The van der Waals surface area contributed by atoms with Gasteiger partial charge in [0.2, 0.25) is 10.0 Å². The lowest BCUT2D eigenvalue weighted by atomic mass is 10.0. The number of primary amides is 1. The number of benzene rings is 3. The molecule has 0 aliphatic heterocycles. The zero-order valence-corrected chi connectivity index (χ0v) is 22.2. The second-order valence-electron chi connectivity index (χ2n) is 9.40. The molecule has 0 saturated heterocycles. The van der Waals surface area contributed by atoms with Crippen LogP contribution in [0.4, 0.5) is 14.9 Å². The second-order valence-corrected chi connectivity index (χ2v) is 11.3. The third kappa shape index (κ3) is 5.63. The number of carbonyl (C=O) groups excluding carboxylic acids is 2. The van der Waals surface area contributed by atoms with Crippen LogP contribution >= 0.6 is 0 Å². The number of anilines is 1. The summed E-state index contributed by atoms with van der Waals surface area (Å²) < 4.78 is 56.3. The third-order valence-corrected chi connectivity index (χ3v) is 7.60. The van der Waals surface area contributed by atoms with Gasteiger partial charge in [-0.15, -0.1) is 0 Å². The molecule has 1 aliphatic rings. The van der Waals surface area contributed by atoms with Gasteiger partial charge in [-0.25, -0.2) is 22.4 Å². The Morgan fingerprint density at radius 1 is 1.05 bits per heavy atom. The van der Waals surface area contributed by atoms with Crippen LogP contribution in [0.2, 0.25) is 0 Å². The van der Waals surface area contributed by atoms with Crippen LogP contribution < -0.4 is 20.5 Å². The molecule has 0 spiro atoms. The van der Waals surface area contributed by atoms with E-state index < -0.39 is 27.9 Å². The third-order valence-electron chi connectivity index (χ3n) is 6.42. The molecular weight excluding hydrogens is 541 g/mol. The zero-order valence-electron chi connectivity index (χ0n) is 21.4. The number of rotatable bonds is 9. The Bertz CT molecular complexity index is 1700. The van der Waals surface area contributed by atoms with Gasteiger partial charge in [-0.3, -0.25) is 4.31 Å². The van der Waals surface area contributed by atoms with Gasteiger partial charge in [0, 0.05) is 30.1 Å². The van der Waals surface area contributed by atoms with Crippen molar-refractivity contribution in [2.24, 2.45) is 11.5 Å². The summed E-state index contributed by atoms with van der Waals surface area (Å²) in [4.78, 5) is 24.5. The number of halogens is 1. The van der Waals surface area contributed by atoms with Gasteiger partial charge in [0.25, 0.3) is 0 Å². The van der Waals surface area contributed by atoms with Gasteiger partial charge in [0.1, 0.15) is 34.2 Å². The van der Waals surface area contributed by atoms with Crippen LogP contribution in [0, 0.1) is 5.82 Å². The number of fused-ring (bicyclic) bond motifs is 1. The molecule has 12 heteroatoms. The molecule has 4 aromatic rings. The molecule has 208 valence electrons. The SMILES string of the molecule is CS(=O)(=O)N(CCN)c1cc2oc(-c3ccc(Oc4ccc(F)cc4)cc3)c(C(=O)OC(N)=O)c2cc1C1CC1. The number of esters is 1. The average Bonchev–Trinajstić information content (AvgIpc) is 3.67. The molecule has 0 unspecified atom stereocenters. The maximum atomic E-state index is 13.2. The van der Waals surface area contributed by atoms with Crippen molar-refractivity contribution in [2.45, 2.75) is 18.8 Å². The summed E-state index contributed by atoms with van der Waals surface area (Å²) in [6.45, 7) is 0.158. The first-order valence-corrected chi connectivity index (χ1v) is 14.2. The molecule has 0 atom stereocenters. The summed E-state index contributed by atoms with van der Waals surface area (Å²) >= 11 is 0. The maximum Gasteiger partial charge on any atom is 0.412 e. The minimum atomic E-state index is -3.67. The van der Waals surface area contributed by atoms with Gasteiger partial charge >= 0.3 is 12.1 Å². The first-order chi connectivity index (χ1) is 19.0. The largest absolute Gasteiger partial charge is 0.457 e. The lowest BCUT2D eigenvalue weighted by Gasteiger charge is -2.24. The monoisotopic (exact) mass is 567 g/mol. The Kier molecular flexibility index (Phi) is 7.21. The molecule has 4 N–H and O–H groups in total. The minimum absolute atomic E-state index is 0.0285. The van der Waals surface area contributed by atoms with E-state index in [4.69, 9.17) is 25.4 Å². The van der Waals surface area contributed by atoms with Crippen molar-refractivity contribution in [1.29, 1.82) is 0 Å². The van der Waals surface area contributed by atoms with Crippen molar-refractivity contribution in [3.63, 3.8) is 0 Å². The number of furan rings is 1. The van der Waals surface area contributed by atoms with Crippen molar-refractivity contribution >= 4 is 38.7 Å². The van der Waals surface area contributed by atoms with Crippen molar-refractivity contribution in [2.75, 3.05) is 23.7 Å². The van der Waals surface area contributed by atoms with E-state index in [9.17, 15) is 22.4 Å². The number of sulfonamides is 1. The zero-order chi connectivity index (χ0) is 28.6. The van der Waals surface area contributed by atoms with Gasteiger partial charge < -0.3 is 25.4 Å².